The molecule has 0 heterocycles. The molecule has 0 bridgehead atoms. The zero-order valence-corrected chi connectivity index (χ0v) is 5.32. The van der Waals surface area contributed by atoms with Crippen LogP contribution in [0.2, 0.25) is 0 Å². The number of rotatable bonds is 5. The Morgan fingerprint density at radius 2 is 1.90 bits per heavy atom. The van der Waals surface area contributed by atoms with Crippen molar-refractivity contribution >= 4 is 18.4 Å². The first-order valence-corrected chi connectivity index (χ1v) is 2.77. The monoisotopic (exact) mass is 144 g/mol. The molecule has 0 rings (SSSR count). The van der Waals surface area contributed by atoms with Crippen LogP contribution in [0.25, 0.3) is 0 Å². The highest BCUT2D eigenvalue weighted by molar-refractivity contribution is 5.88. The Kier molecular flexibility index (Phi) is 4.32. The zero-order valence-electron chi connectivity index (χ0n) is 5.32. The zero-order chi connectivity index (χ0) is 7.98. The van der Waals surface area contributed by atoms with Crippen molar-refractivity contribution in [3.63, 3.8) is 0 Å². The lowest BCUT2D eigenvalue weighted by atomic mass is 10.1. The highest BCUT2D eigenvalue weighted by Gasteiger charge is 2.09. The topological polar surface area (TPSA) is 71.4 Å². The van der Waals surface area contributed by atoms with E-state index in [0.717, 1.165) is 0 Å². The first kappa shape index (κ1) is 8.97. The van der Waals surface area contributed by atoms with E-state index in [4.69, 9.17) is 5.11 Å². The van der Waals surface area contributed by atoms with E-state index in [0.29, 0.717) is 12.6 Å². The van der Waals surface area contributed by atoms with Crippen molar-refractivity contribution in [3.05, 3.63) is 0 Å². The molecule has 0 unspecified atom stereocenters. The van der Waals surface area contributed by atoms with Gasteiger partial charge < -0.3 is 14.7 Å². The van der Waals surface area contributed by atoms with Crippen molar-refractivity contribution in [1.29, 1.82) is 0 Å². The van der Waals surface area contributed by atoms with E-state index in [1.165, 1.54) is 0 Å². The maximum Gasteiger partial charge on any atom is 0.159 e. The molecule has 0 aliphatic carbocycles. The average molecular weight is 144 g/mol. The Morgan fingerprint density at radius 3 is 2.20 bits per heavy atom. The molecule has 0 aromatic rings. The smallest absolute Gasteiger partial charge is 0.159 e. The molecule has 0 fully saturated rings. The van der Waals surface area contributed by atoms with Crippen LogP contribution in [0.1, 0.15) is 6.42 Å². The minimum Gasteiger partial charge on any atom is -0.389 e. The highest BCUT2D eigenvalue weighted by Crippen LogP contribution is 1.94. The van der Waals surface area contributed by atoms with Gasteiger partial charge in [-0.1, -0.05) is 0 Å². The molecule has 0 saturated carbocycles. The molecule has 0 spiro atoms. The van der Waals surface area contributed by atoms with Crippen molar-refractivity contribution in [2.24, 2.45) is 5.92 Å². The molecule has 4 heteroatoms. The molecule has 0 saturated heterocycles. The Labute approximate surface area is 57.8 Å². The van der Waals surface area contributed by atoms with Crippen LogP contribution in [0.15, 0.2) is 0 Å². The number of aldehydes is 2. The van der Waals surface area contributed by atoms with E-state index in [-0.39, 0.29) is 6.42 Å². The van der Waals surface area contributed by atoms with Crippen molar-refractivity contribution in [1.82, 2.24) is 0 Å². The van der Waals surface area contributed by atoms with Gasteiger partial charge in [0.05, 0.1) is 5.92 Å². The summed E-state index contributed by atoms with van der Waals surface area (Å²) >= 11 is 0. The third kappa shape index (κ3) is 3.09. The van der Waals surface area contributed by atoms with Gasteiger partial charge in [-0.3, -0.25) is 4.79 Å². The number of carbonyl (C=O) groups is 3. The second-order valence-corrected chi connectivity index (χ2v) is 1.84. The van der Waals surface area contributed by atoms with Crippen molar-refractivity contribution in [3.8, 4) is 0 Å². The van der Waals surface area contributed by atoms with Gasteiger partial charge in [-0.2, -0.15) is 0 Å². The van der Waals surface area contributed by atoms with Crippen LogP contribution < -0.4 is 0 Å². The fraction of sp³-hybridized carbons (Fsp3) is 0.500. The van der Waals surface area contributed by atoms with E-state index >= 15 is 0 Å². The van der Waals surface area contributed by atoms with Gasteiger partial charge in [-0.25, -0.2) is 0 Å². The van der Waals surface area contributed by atoms with Crippen LogP contribution in [0.5, 0.6) is 0 Å². The summed E-state index contributed by atoms with van der Waals surface area (Å²) in [5, 5.41) is 8.19. The summed E-state index contributed by atoms with van der Waals surface area (Å²) in [6.45, 7) is -0.613. The van der Waals surface area contributed by atoms with Gasteiger partial charge in [0.25, 0.3) is 0 Å². The lowest BCUT2D eigenvalue weighted by Gasteiger charge is -1.96. The third-order valence-electron chi connectivity index (χ3n) is 0.989. The maximum atomic E-state index is 10.4. The molecule has 0 aliphatic heterocycles. The molecular formula is C6H8O4. The molecule has 0 aromatic heterocycles. The SMILES string of the molecule is O=CC(C=O)CC(=O)CO. The summed E-state index contributed by atoms with van der Waals surface area (Å²) in [6, 6.07) is 0. The highest BCUT2D eigenvalue weighted by atomic mass is 16.3. The predicted molar refractivity (Wildman–Crippen MR) is 32.3 cm³/mol. The summed E-state index contributed by atoms with van der Waals surface area (Å²) in [7, 11) is 0. The van der Waals surface area contributed by atoms with Gasteiger partial charge in [0.1, 0.15) is 19.2 Å². The lowest BCUT2D eigenvalue weighted by molar-refractivity contribution is -0.128. The van der Waals surface area contributed by atoms with Crippen LogP contribution in [0.4, 0.5) is 0 Å². The largest absolute Gasteiger partial charge is 0.389 e. The molecule has 4 nitrogen and oxygen atoms in total. The minimum atomic E-state index is -0.889. The molecule has 0 radical (unpaired) electrons. The van der Waals surface area contributed by atoms with Gasteiger partial charge in [-0.05, 0) is 0 Å². The molecule has 0 atom stereocenters. The summed E-state index contributed by atoms with van der Waals surface area (Å²) in [5.74, 6) is -1.39. The third-order valence-corrected chi connectivity index (χ3v) is 0.989. The van der Waals surface area contributed by atoms with E-state index in [2.05, 4.69) is 0 Å². The molecule has 56 valence electrons. The lowest BCUT2D eigenvalue weighted by Crippen LogP contribution is -2.13. The number of hydrogen-bond donors (Lipinski definition) is 1. The molecule has 0 aliphatic rings. The van der Waals surface area contributed by atoms with Crippen LogP contribution in [-0.2, 0) is 14.4 Å². The van der Waals surface area contributed by atoms with Crippen LogP contribution in [0.3, 0.4) is 0 Å². The number of ketones is 1. The van der Waals surface area contributed by atoms with E-state index in [1.807, 2.05) is 0 Å². The van der Waals surface area contributed by atoms with E-state index < -0.39 is 18.3 Å². The van der Waals surface area contributed by atoms with Gasteiger partial charge in [0, 0.05) is 6.42 Å². The maximum absolute atomic E-state index is 10.4. The Bertz CT molecular complexity index is 133. The summed E-state index contributed by atoms with van der Waals surface area (Å²) < 4.78 is 0. The number of Topliss-reactive ketones (excluding diaryl/α,β-unsaturated/α-hetero) is 1. The summed E-state index contributed by atoms with van der Waals surface area (Å²) in [4.78, 5) is 30.2. The van der Waals surface area contributed by atoms with Gasteiger partial charge in [-0.15, -0.1) is 0 Å². The fourth-order valence-corrected chi connectivity index (χ4v) is 0.456. The van der Waals surface area contributed by atoms with Gasteiger partial charge >= 0.3 is 0 Å². The van der Waals surface area contributed by atoms with Crippen molar-refractivity contribution < 1.29 is 19.5 Å². The van der Waals surface area contributed by atoms with Gasteiger partial charge in [0.2, 0.25) is 0 Å². The number of carbonyl (C=O) groups excluding carboxylic acids is 3. The Morgan fingerprint density at radius 1 is 1.40 bits per heavy atom. The quantitative estimate of drug-likeness (QED) is 0.395. The number of aliphatic hydroxyl groups is 1. The van der Waals surface area contributed by atoms with E-state index in [9.17, 15) is 14.4 Å². The van der Waals surface area contributed by atoms with Gasteiger partial charge in [0.15, 0.2) is 5.78 Å². The summed E-state index contributed by atoms with van der Waals surface area (Å²) in [5.41, 5.74) is 0. The molecular weight excluding hydrogens is 136 g/mol. The predicted octanol–water partition coefficient (Wildman–Crippen LogP) is -1.05. The Balaban J connectivity index is 3.73. The van der Waals surface area contributed by atoms with Crippen LogP contribution in [-0.4, -0.2) is 30.1 Å². The van der Waals surface area contributed by atoms with E-state index in [1.54, 1.807) is 0 Å². The normalized spacial score (nSPS) is 9.40. The molecule has 0 aromatic carbocycles. The number of aliphatic hydroxyl groups excluding tert-OH is 1. The first-order valence-electron chi connectivity index (χ1n) is 2.77. The number of hydrogen-bond acceptors (Lipinski definition) is 4. The Hall–Kier alpha value is -1.03. The average Bonchev–Trinajstić information content (AvgIpc) is 1.99. The molecule has 10 heavy (non-hydrogen) atoms. The van der Waals surface area contributed by atoms with Crippen molar-refractivity contribution in [2.45, 2.75) is 6.42 Å². The minimum absolute atomic E-state index is 0.191. The fourth-order valence-electron chi connectivity index (χ4n) is 0.456. The molecule has 0 amide bonds. The first-order chi connectivity index (χ1) is 4.74. The molecule has 1 N–H and O–H groups in total. The van der Waals surface area contributed by atoms with Crippen molar-refractivity contribution in [2.75, 3.05) is 6.61 Å². The standard InChI is InChI=1S/C6H8O4/c7-2-5(3-8)1-6(10)4-9/h2-3,5,9H,1,4H2. The second kappa shape index (κ2) is 4.81. The van der Waals surface area contributed by atoms with Crippen LogP contribution >= 0.6 is 0 Å². The second-order valence-electron chi connectivity index (χ2n) is 1.84. The summed E-state index contributed by atoms with van der Waals surface area (Å²) in [6.07, 6.45) is 0.588. The van der Waals surface area contributed by atoms with Crippen LogP contribution in [0, 0.1) is 5.92 Å².